The highest BCUT2D eigenvalue weighted by Gasteiger charge is 2.56. The number of ether oxygens (including phenoxy) is 2. The Hall–Kier alpha value is -2.24. The van der Waals surface area contributed by atoms with Gasteiger partial charge in [0.05, 0.1) is 13.7 Å². The SMILES string of the molecule is CCOc1ccc(CNC(=O)C2(C(=O)O)CC2)cc1OC. The zero-order valence-electron chi connectivity index (χ0n) is 12.1. The average Bonchev–Trinajstić information content (AvgIpc) is 3.27. The van der Waals surface area contributed by atoms with E-state index in [9.17, 15) is 9.59 Å². The lowest BCUT2D eigenvalue weighted by Gasteiger charge is -2.13. The maximum absolute atomic E-state index is 11.9. The van der Waals surface area contributed by atoms with Gasteiger partial charge in [-0.15, -0.1) is 0 Å². The molecule has 1 amide bonds. The molecule has 0 aliphatic heterocycles. The van der Waals surface area contributed by atoms with Crippen LogP contribution in [-0.4, -0.2) is 30.7 Å². The zero-order valence-corrected chi connectivity index (χ0v) is 12.1. The van der Waals surface area contributed by atoms with Crippen molar-refractivity contribution in [1.82, 2.24) is 5.32 Å². The lowest BCUT2D eigenvalue weighted by atomic mass is 10.1. The van der Waals surface area contributed by atoms with Crippen molar-refractivity contribution in [2.24, 2.45) is 5.41 Å². The van der Waals surface area contributed by atoms with Crippen LogP contribution in [0.15, 0.2) is 18.2 Å². The maximum Gasteiger partial charge on any atom is 0.319 e. The molecule has 0 saturated heterocycles. The van der Waals surface area contributed by atoms with Crippen molar-refractivity contribution in [2.45, 2.75) is 26.3 Å². The van der Waals surface area contributed by atoms with Crippen molar-refractivity contribution in [2.75, 3.05) is 13.7 Å². The Bertz CT molecular complexity index is 551. The summed E-state index contributed by atoms with van der Waals surface area (Å²) in [5.41, 5.74) is -0.389. The molecule has 0 heterocycles. The summed E-state index contributed by atoms with van der Waals surface area (Å²) in [5.74, 6) is -0.255. The number of aliphatic carboxylic acids is 1. The van der Waals surface area contributed by atoms with Gasteiger partial charge in [0.1, 0.15) is 5.41 Å². The van der Waals surface area contributed by atoms with Crippen LogP contribution in [0.2, 0.25) is 0 Å². The zero-order chi connectivity index (χ0) is 15.5. The summed E-state index contributed by atoms with van der Waals surface area (Å²) in [6.45, 7) is 2.68. The van der Waals surface area contributed by atoms with Crippen LogP contribution in [0.25, 0.3) is 0 Å². The molecular formula is C15H19NO5. The fourth-order valence-electron chi connectivity index (χ4n) is 2.11. The summed E-state index contributed by atoms with van der Waals surface area (Å²) in [6.07, 6.45) is 0.807. The average molecular weight is 293 g/mol. The minimum Gasteiger partial charge on any atom is -0.493 e. The molecule has 21 heavy (non-hydrogen) atoms. The van der Waals surface area contributed by atoms with Gasteiger partial charge in [0, 0.05) is 6.54 Å². The minimum absolute atomic E-state index is 0.261. The Kier molecular flexibility index (Phi) is 4.35. The third-order valence-electron chi connectivity index (χ3n) is 3.57. The van der Waals surface area contributed by atoms with E-state index in [1.54, 1.807) is 19.2 Å². The molecule has 1 fully saturated rings. The van der Waals surface area contributed by atoms with Gasteiger partial charge < -0.3 is 19.9 Å². The van der Waals surface area contributed by atoms with Gasteiger partial charge in [-0.2, -0.15) is 0 Å². The Balaban J connectivity index is 2.00. The first-order chi connectivity index (χ1) is 10.0. The Morgan fingerprint density at radius 2 is 2.05 bits per heavy atom. The largest absolute Gasteiger partial charge is 0.493 e. The molecule has 6 nitrogen and oxygen atoms in total. The molecular weight excluding hydrogens is 274 g/mol. The molecule has 114 valence electrons. The van der Waals surface area contributed by atoms with E-state index in [0.29, 0.717) is 30.9 Å². The van der Waals surface area contributed by atoms with Crippen molar-refractivity contribution in [3.8, 4) is 11.5 Å². The molecule has 0 spiro atoms. The second-order valence-electron chi connectivity index (χ2n) is 4.99. The lowest BCUT2D eigenvalue weighted by molar-refractivity contribution is -0.149. The Labute approximate surface area is 123 Å². The number of carbonyl (C=O) groups is 2. The van der Waals surface area contributed by atoms with Crippen molar-refractivity contribution >= 4 is 11.9 Å². The van der Waals surface area contributed by atoms with Crippen LogP contribution in [0.5, 0.6) is 11.5 Å². The summed E-state index contributed by atoms with van der Waals surface area (Å²) in [6, 6.07) is 5.35. The van der Waals surface area contributed by atoms with E-state index < -0.39 is 17.3 Å². The molecule has 0 bridgehead atoms. The number of amides is 1. The number of hydrogen-bond acceptors (Lipinski definition) is 4. The van der Waals surface area contributed by atoms with E-state index in [0.717, 1.165) is 5.56 Å². The second kappa shape index (κ2) is 6.03. The summed E-state index contributed by atoms with van der Waals surface area (Å²) in [7, 11) is 1.55. The number of carboxylic acid groups (broad SMARTS) is 1. The molecule has 1 aliphatic rings. The number of rotatable bonds is 7. The summed E-state index contributed by atoms with van der Waals surface area (Å²) >= 11 is 0. The molecule has 2 rings (SSSR count). The number of benzene rings is 1. The predicted octanol–water partition coefficient (Wildman–Crippen LogP) is 1.57. The first-order valence-corrected chi connectivity index (χ1v) is 6.85. The van der Waals surface area contributed by atoms with Gasteiger partial charge in [-0.1, -0.05) is 6.07 Å². The normalized spacial score (nSPS) is 15.1. The molecule has 1 aromatic carbocycles. The Morgan fingerprint density at radius 1 is 1.33 bits per heavy atom. The van der Waals surface area contributed by atoms with Gasteiger partial charge in [-0.3, -0.25) is 9.59 Å². The van der Waals surface area contributed by atoms with Crippen LogP contribution in [-0.2, 0) is 16.1 Å². The fourth-order valence-corrected chi connectivity index (χ4v) is 2.11. The van der Waals surface area contributed by atoms with E-state index >= 15 is 0 Å². The lowest BCUT2D eigenvalue weighted by Crippen LogP contribution is -2.36. The van der Waals surface area contributed by atoms with Gasteiger partial charge >= 0.3 is 5.97 Å². The molecule has 1 aromatic rings. The second-order valence-corrected chi connectivity index (χ2v) is 4.99. The van der Waals surface area contributed by atoms with Crippen molar-refractivity contribution in [3.05, 3.63) is 23.8 Å². The van der Waals surface area contributed by atoms with Gasteiger partial charge in [0.15, 0.2) is 11.5 Å². The molecule has 6 heteroatoms. The quantitative estimate of drug-likeness (QED) is 0.745. The van der Waals surface area contributed by atoms with Gasteiger partial charge in [-0.05, 0) is 37.5 Å². The number of nitrogens with one attached hydrogen (secondary N) is 1. The highest BCUT2D eigenvalue weighted by atomic mass is 16.5. The number of hydrogen-bond donors (Lipinski definition) is 2. The first kappa shape index (κ1) is 15.2. The third-order valence-corrected chi connectivity index (χ3v) is 3.57. The fraction of sp³-hybridized carbons (Fsp3) is 0.467. The van der Waals surface area contributed by atoms with Crippen molar-refractivity contribution < 1.29 is 24.2 Å². The summed E-state index contributed by atoms with van der Waals surface area (Å²) in [4.78, 5) is 23.0. The van der Waals surface area contributed by atoms with E-state index in [-0.39, 0.29) is 6.54 Å². The van der Waals surface area contributed by atoms with E-state index in [2.05, 4.69) is 5.32 Å². The standard InChI is InChI=1S/C15H19NO5/c1-3-21-11-5-4-10(8-12(11)20-2)9-16-13(17)15(6-7-15)14(18)19/h4-5,8H,3,6-7,9H2,1-2H3,(H,16,17)(H,18,19). The van der Waals surface area contributed by atoms with Crippen molar-refractivity contribution in [3.63, 3.8) is 0 Å². The smallest absolute Gasteiger partial charge is 0.319 e. The summed E-state index contributed by atoms with van der Waals surface area (Å²) < 4.78 is 10.6. The maximum atomic E-state index is 11.9. The molecule has 0 atom stereocenters. The third kappa shape index (κ3) is 3.09. The Morgan fingerprint density at radius 3 is 2.57 bits per heavy atom. The monoisotopic (exact) mass is 293 g/mol. The van der Waals surface area contributed by atoms with Crippen molar-refractivity contribution in [1.29, 1.82) is 0 Å². The highest BCUT2D eigenvalue weighted by molar-refractivity contribution is 6.04. The molecule has 0 radical (unpaired) electrons. The minimum atomic E-state index is -1.21. The topological polar surface area (TPSA) is 84.9 Å². The number of carboxylic acids is 1. The predicted molar refractivity (Wildman–Crippen MR) is 75.3 cm³/mol. The number of carbonyl (C=O) groups excluding carboxylic acids is 1. The molecule has 0 unspecified atom stereocenters. The highest BCUT2D eigenvalue weighted by Crippen LogP contribution is 2.46. The van der Waals surface area contributed by atoms with Gasteiger partial charge in [-0.25, -0.2) is 0 Å². The van der Waals surface area contributed by atoms with E-state index in [1.807, 2.05) is 13.0 Å². The van der Waals surface area contributed by atoms with Crippen LogP contribution < -0.4 is 14.8 Å². The van der Waals surface area contributed by atoms with E-state index in [4.69, 9.17) is 14.6 Å². The van der Waals surface area contributed by atoms with Crippen LogP contribution in [0, 0.1) is 5.41 Å². The molecule has 1 saturated carbocycles. The first-order valence-electron chi connectivity index (χ1n) is 6.85. The summed E-state index contributed by atoms with van der Waals surface area (Å²) in [5, 5.41) is 11.7. The molecule has 0 aromatic heterocycles. The molecule has 1 aliphatic carbocycles. The van der Waals surface area contributed by atoms with Crippen LogP contribution >= 0.6 is 0 Å². The van der Waals surface area contributed by atoms with Crippen LogP contribution in [0.1, 0.15) is 25.3 Å². The van der Waals surface area contributed by atoms with Crippen LogP contribution in [0.4, 0.5) is 0 Å². The number of methoxy groups -OCH3 is 1. The van der Waals surface area contributed by atoms with Crippen LogP contribution in [0.3, 0.4) is 0 Å². The van der Waals surface area contributed by atoms with Gasteiger partial charge in [0.2, 0.25) is 5.91 Å². The molecule has 2 N–H and O–H groups in total. The van der Waals surface area contributed by atoms with E-state index in [1.165, 1.54) is 0 Å². The van der Waals surface area contributed by atoms with Gasteiger partial charge in [0.25, 0.3) is 0 Å².